The summed E-state index contributed by atoms with van der Waals surface area (Å²) in [6.45, 7) is 0. The number of anilines is 2. The highest BCUT2D eigenvalue weighted by Gasteiger charge is 2.18. The summed E-state index contributed by atoms with van der Waals surface area (Å²) >= 11 is 0. The van der Waals surface area contributed by atoms with Gasteiger partial charge in [0.05, 0.1) is 11.4 Å². The Bertz CT molecular complexity index is 855. The molecular formula is C16H13N3O. The monoisotopic (exact) mass is 263 g/mol. The number of aromatic nitrogens is 1. The van der Waals surface area contributed by atoms with Gasteiger partial charge in [0.1, 0.15) is 11.3 Å². The van der Waals surface area contributed by atoms with Crippen molar-refractivity contribution in [2.45, 2.75) is 0 Å². The average molecular weight is 263 g/mol. The number of rotatable bonds is 1. The zero-order valence-electron chi connectivity index (χ0n) is 10.7. The van der Waals surface area contributed by atoms with Gasteiger partial charge in [-0.25, -0.2) is 0 Å². The summed E-state index contributed by atoms with van der Waals surface area (Å²) in [6, 6.07) is 15.6. The van der Waals surface area contributed by atoms with Gasteiger partial charge in [0.15, 0.2) is 5.76 Å². The van der Waals surface area contributed by atoms with Crippen LogP contribution in [0.2, 0.25) is 0 Å². The van der Waals surface area contributed by atoms with Crippen molar-refractivity contribution in [3.05, 3.63) is 48.5 Å². The van der Waals surface area contributed by atoms with E-state index in [2.05, 4.69) is 4.98 Å². The minimum atomic E-state index is 0.597. The van der Waals surface area contributed by atoms with Crippen molar-refractivity contribution in [3.8, 4) is 11.5 Å². The highest BCUT2D eigenvalue weighted by molar-refractivity contribution is 6.04. The molecule has 0 aliphatic heterocycles. The van der Waals surface area contributed by atoms with E-state index in [4.69, 9.17) is 15.9 Å². The van der Waals surface area contributed by atoms with E-state index in [1.807, 2.05) is 48.5 Å². The van der Waals surface area contributed by atoms with Crippen LogP contribution in [-0.4, -0.2) is 4.98 Å². The predicted octanol–water partition coefficient (Wildman–Crippen LogP) is 3.75. The molecule has 4 rings (SSSR count). The van der Waals surface area contributed by atoms with Gasteiger partial charge in [0, 0.05) is 16.3 Å². The minimum absolute atomic E-state index is 0.597. The van der Waals surface area contributed by atoms with Crippen LogP contribution >= 0.6 is 0 Å². The molecule has 0 saturated heterocycles. The van der Waals surface area contributed by atoms with E-state index in [9.17, 15) is 0 Å². The smallest absolute Gasteiger partial charge is 0.176 e. The van der Waals surface area contributed by atoms with Gasteiger partial charge in [-0.3, -0.25) is 0 Å². The van der Waals surface area contributed by atoms with Gasteiger partial charge in [0.25, 0.3) is 0 Å². The molecule has 0 aliphatic carbocycles. The van der Waals surface area contributed by atoms with Gasteiger partial charge in [0.2, 0.25) is 0 Å². The molecule has 5 N–H and O–H groups in total. The van der Waals surface area contributed by atoms with Gasteiger partial charge in [-0.15, -0.1) is 0 Å². The number of hydrogen-bond donors (Lipinski definition) is 3. The van der Waals surface area contributed by atoms with E-state index in [0.717, 1.165) is 27.6 Å². The Labute approximate surface area is 115 Å². The number of para-hydroxylation sites is 2. The Morgan fingerprint density at radius 3 is 2.25 bits per heavy atom. The van der Waals surface area contributed by atoms with Crippen LogP contribution in [0, 0.1) is 0 Å². The fraction of sp³-hybridized carbons (Fsp3) is 0. The molecule has 0 unspecified atom stereocenters. The van der Waals surface area contributed by atoms with Crippen LogP contribution in [0.3, 0.4) is 0 Å². The number of nitrogens with two attached hydrogens (primary N) is 2. The minimum Gasteiger partial charge on any atom is -0.452 e. The Hall–Kier alpha value is -2.88. The molecule has 98 valence electrons. The molecule has 2 aromatic carbocycles. The maximum absolute atomic E-state index is 6.21. The van der Waals surface area contributed by atoms with Crippen molar-refractivity contribution in [2.75, 3.05) is 11.5 Å². The number of nitrogens with one attached hydrogen (secondary N) is 1. The fourth-order valence-electron chi connectivity index (χ4n) is 2.59. The first-order valence-corrected chi connectivity index (χ1v) is 6.39. The average Bonchev–Trinajstić information content (AvgIpc) is 2.98. The molecular weight excluding hydrogens is 250 g/mol. The molecule has 0 aliphatic rings. The molecule has 2 aromatic heterocycles. The number of nitrogen functional groups attached to an aromatic ring is 2. The van der Waals surface area contributed by atoms with Crippen molar-refractivity contribution >= 4 is 33.2 Å². The van der Waals surface area contributed by atoms with Crippen molar-refractivity contribution in [1.82, 2.24) is 4.98 Å². The Morgan fingerprint density at radius 2 is 1.50 bits per heavy atom. The fourth-order valence-corrected chi connectivity index (χ4v) is 2.59. The normalized spacial score (nSPS) is 11.4. The summed E-state index contributed by atoms with van der Waals surface area (Å²) in [4.78, 5) is 3.28. The van der Waals surface area contributed by atoms with E-state index in [1.165, 1.54) is 0 Å². The largest absolute Gasteiger partial charge is 0.452 e. The van der Waals surface area contributed by atoms with E-state index in [-0.39, 0.29) is 0 Å². The lowest BCUT2D eigenvalue weighted by atomic mass is 10.1. The molecule has 0 bridgehead atoms. The molecule has 0 fully saturated rings. The van der Waals surface area contributed by atoms with Crippen LogP contribution in [-0.2, 0) is 0 Å². The third-order valence-electron chi connectivity index (χ3n) is 3.61. The second-order valence-electron chi connectivity index (χ2n) is 4.80. The third kappa shape index (κ3) is 1.36. The summed E-state index contributed by atoms with van der Waals surface area (Å²) in [5.74, 6) is 0.597. The lowest BCUT2D eigenvalue weighted by Gasteiger charge is -1.97. The van der Waals surface area contributed by atoms with Crippen molar-refractivity contribution in [3.63, 3.8) is 0 Å². The van der Waals surface area contributed by atoms with Gasteiger partial charge in [-0.2, -0.15) is 0 Å². The second-order valence-corrected chi connectivity index (χ2v) is 4.80. The topological polar surface area (TPSA) is 81.0 Å². The van der Waals surface area contributed by atoms with Crippen LogP contribution in [0.15, 0.2) is 52.9 Å². The highest BCUT2D eigenvalue weighted by atomic mass is 16.3. The van der Waals surface area contributed by atoms with E-state index >= 15 is 0 Å². The van der Waals surface area contributed by atoms with Crippen LogP contribution < -0.4 is 11.5 Å². The molecule has 4 heteroatoms. The summed E-state index contributed by atoms with van der Waals surface area (Å²) in [5.41, 5.74) is 16.1. The predicted molar refractivity (Wildman–Crippen MR) is 82.3 cm³/mol. The zero-order valence-corrected chi connectivity index (χ0v) is 10.7. The standard InChI is InChI=1S/C16H13N3O/c17-13-9-5-1-3-7-11(9)19-15(13)16-14(18)10-6-2-4-8-12(10)20-16/h1-8,19H,17-18H2. The first-order valence-electron chi connectivity index (χ1n) is 6.39. The van der Waals surface area contributed by atoms with Crippen LogP contribution in [0.25, 0.3) is 33.3 Å². The number of furan rings is 1. The maximum atomic E-state index is 6.21. The van der Waals surface area contributed by atoms with Gasteiger partial charge in [-0.05, 0) is 18.2 Å². The molecule has 0 radical (unpaired) electrons. The lowest BCUT2D eigenvalue weighted by Crippen LogP contribution is -1.90. The van der Waals surface area contributed by atoms with Gasteiger partial charge >= 0.3 is 0 Å². The van der Waals surface area contributed by atoms with Crippen LogP contribution in [0.1, 0.15) is 0 Å². The molecule has 2 heterocycles. The van der Waals surface area contributed by atoms with Crippen molar-refractivity contribution in [1.29, 1.82) is 0 Å². The van der Waals surface area contributed by atoms with Crippen molar-refractivity contribution in [2.24, 2.45) is 0 Å². The summed E-state index contributed by atoms with van der Waals surface area (Å²) < 4.78 is 5.86. The number of fused-ring (bicyclic) bond motifs is 2. The van der Waals surface area contributed by atoms with Crippen molar-refractivity contribution < 1.29 is 4.42 Å². The lowest BCUT2D eigenvalue weighted by molar-refractivity contribution is 0.631. The van der Waals surface area contributed by atoms with E-state index < -0.39 is 0 Å². The van der Waals surface area contributed by atoms with Crippen LogP contribution in [0.5, 0.6) is 0 Å². The van der Waals surface area contributed by atoms with E-state index in [1.54, 1.807) is 0 Å². The third-order valence-corrected chi connectivity index (χ3v) is 3.61. The van der Waals surface area contributed by atoms with Gasteiger partial charge in [-0.1, -0.05) is 30.3 Å². The zero-order chi connectivity index (χ0) is 13.7. The maximum Gasteiger partial charge on any atom is 0.176 e. The Balaban J connectivity index is 2.06. The number of hydrogen-bond acceptors (Lipinski definition) is 3. The Morgan fingerprint density at radius 1 is 0.800 bits per heavy atom. The molecule has 0 amide bonds. The molecule has 4 aromatic rings. The highest BCUT2D eigenvalue weighted by Crippen LogP contribution is 2.40. The number of H-pyrrole nitrogens is 1. The SMILES string of the molecule is Nc1c(-c2oc3ccccc3c2N)[nH]c2ccccc12. The number of aromatic amines is 1. The molecule has 0 saturated carbocycles. The first-order chi connectivity index (χ1) is 9.75. The molecule has 0 spiro atoms. The van der Waals surface area contributed by atoms with E-state index in [0.29, 0.717) is 17.1 Å². The Kier molecular flexibility index (Phi) is 2.09. The first kappa shape index (κ1) is 11.0. The second kappa shape index (κ2) is 3.81. The summed E-state index contributed by atoms with van der Waals surface area (Å²) in [5, 5.41) is 1.88. The van der Waals surface area contributed by atoms with Crippen LogP contribution in [0.4, 0.5) is 11.4 Å². The summed E-state index contributed by atoms with van der Waals surface area (Å²) in [6.07, 6.45) is 0. The quantitative estimate of drug-likeness (QED) is 0.489. The molecule has 4 nitrogen and oxygen atoms in total. The summed E-state index contributed by atoms with van der Waals surface area (Å²) in [7, 11) is 0. The number of benzene rings is 2. The molecule has 0 atom stereocenters. The van der Waals surface area contributed by atoms with Gasteiger partial charge < -0.3 is 20.9 Å². The molecule has 20 heavy (non-hydrogen) atoms.